The molecular weight excluding hydrogens is 319 g/mol. The van der Waals surface area contributed by atoms with Gasteiger partial charge in [-0.3, -0.25) is 9.79 Å². The van der Waals surface area contributed by atoms with Gasteiger partial charge >= 0.3 is 0 Å². The summed E-state index contributed by atoms with van der Waals surface area (Å²) in [5, 5.41) is 13.1. The lowest BCUT2D eigenvalue weighted by molar-refractivity contribution is 0.111. The Bertz CT molecular complexity index is 1020. The summed E-state index contributed by atoms with van der Waals surface area (Å²) in [5.74, 6) is -0.611. The van der Waals surface area contributed by atoms with Gasteiger partial charge in [0.2, 0.25) is 0 Å². The molecule has 122 valence electrons. The molecule has 1 aromatic heterocycles. The van der Waals surface area contributed by atoms with Crippen molar-refractivity contribution in [2.24, 2.45) is 4.99 Å². The molecule has 1 aliphatic carbocycles. The van der Waals surface area contributed by atoms with Crippen LogP contribution < -0.4 is 0 Å². The third kappa shape index (κ3) is 2.60. The average molecular weight is 332 g/mol. The van der Waals surface area contributed by atoms with Crippen LogP contribution in [0.25, 0.3) is 11.3 Å². The number of fused-ring (bicyclic) bond motifs is 1. The van der Waals surface area contributed by atoms with E-state index in [1.807, 2.05) is 0 Å². The Morgan fingerprint density at radius 2 is 2.16 bits per heavy atom. The molecule has 2 heterocycles. The average Bonchev–Trinajstić information content (AvgIpc) is 3.27. The second-order valence-electron chi connectivity index (χ2n) is 5.88. The number of carbonyl (C=O) groups excluding carboxylic acids is 1. The monoisotopic (exact) mass is 332 g/mol. The normalized spacial score (nSPS) is 15.8. The molecule has 25 heavy (non-hydrogen) atoms. The smallest absolute Gasteiger partial charge is 0.170 e. The SMILES string of the molecule is N#Cc1ccc(-n2nc(C=O)cc2C2=CC3=CCN=C3CC2)cc1F. The van der Waals surface area contributed by atoms with E-state index in [4.69, 9.17) is 5.26 Å². The van der Waals surface area contributed by atoms with Gasteiger partial charge in [-0.05, 0) is 48.3 Å². The Kier molecular flexibility index (Phi) is 3.62. The lowest BCUT2D eigenvalue weighted by Crippen LogP contribution is -2.09. The molecule has 0 N–H and O–H groups in total. The zero-order chi connectivity index (χ0) is 17.4. The van der Waals surface area contributed by atoms with E-state index < -0.39 is 5.82 Å². The molecule has 0 bridgehead atoms. The fraction of sp³-hybridized carbons (Fsp3) is 0.158. The van der Waals surface area contributed by atoms with Gasteiger partial charge in [0.05, 0.1) is 23.5 Å². The van der Waals surface area contributed by atoms with E-state index in [0.717, 1.165) is 35.4 Å². The number of hydrogen-bond acceptors (Lipinski definition) is 4. The van der Waals surface area contributed by atoms with Crippen LogP contribution in [0.1, 0.15) is 34.6 Å². The van der Waals surface area contributed by atoms with Crippen molar-refractivity contribution >= 4 is 17.6 Å². The molecule has 0 saturated heterocycles. The number of benzene rings is 1. The van der Waals surface area contributed by atoms with E-state index in [1.165, 1.54) is 12.1 Å². The van der Waals surface area contributed by atoms with Crippen LogP contribution in [0.15, 0.2) is 47.0 Å². The van der Waals surface area contributed by atoms with Crippen molar-refractivity contribution in [3.63, 3.8) is 0 Å². The van der Waals surface area contributed by atoms with Crippen molar-refractivity contribution in [1.82, 2.24) is 9.78 Å². The second-order valence-corrected chi connectivity index (χ2v) is 5.88. The Labute approximate surface area is 143 Å². The molecule has 0 radical (unpaired) electrons. The van der Waals surface area contributed by atoms with Gasteiger partial charge < -0.3 is 0 Å². The number of nitrogens with zero attached hydrogens (tertiary/aromatic N) is 4. The Morgan fingerprint density at radius 1 is 1.28 bits per heavy atom. The molecule has 0 atom stereocenters. The Balaban J connectivity index is 1.83. The molecule has 2 aliphatic rings. The van der Waals surface area contributed by atoms with Gasteiger partial charge in [0, 0.05) is 11.8 Å². The van der Waals surface area contributed by atoms with Gasteiger partial charge in [0.25, 0.3) is 0 Å². The minimum Gasteiger partial charge on any atom is -0.296 e. The molecule has 0 spiro atoms. The molecule has 6 heteroatoms. The molecular formula is C19H13FN4O. The van der Waals surface area contributed by atoms with Crippen LogP contribution in [0, 0.1) is 17.1 Å². The number of nitriles is 1. The maximum Gasteiger partial charge on any atom is 0.170 e. The van der Waals surface area contributed by atoms with Gasteiger partial charge in [0.15, 0.2) is 6.29 Å². The van der Waals surface area contributed by atoms with Crippen molar-refractivity contribution in [2.75, 3.05) is 6.54 Å². The highest BCUT2D eigenvalue weighted by atomic mass is 19.1. The van der Waals surface area contributed by atoms with E-state index in [0.29, 0.717) is 18.5 Å². The van der Waals surface area contributed by atoms with Crippen LogP contribution in [-0.4, -0.2) is 28.3 Å². The van der Waals surface area contributed by atoms with Crippen LogP contribution in [0.2, 0.25) is 0 Å². The minimum atomic E-state index is -0.611. The van der Waals surface area contributed by atoms with E-state index in [9.17, 15) is 9.18 Å². The number of aldehydes is 1. The van der Waals surface area contributed by atoms with E-state index in [-0.39, 0.29) is 11.3 Å². The fourth-order valence-corrected chi connectivity index (χ4v) is 3.15. The van der Waals surface area contributed by atoms with E-state index in [1.54, 1.807) is 22.9 Å². The maximum absolute atomic E-state index is 14.0. The van der Waals surface area contributed by atoms with Crippen LogP contribution >= 0.6 is 0 Å². The van der Waals surface area contributed by atoms with Gasteiger partial charge in [-0.1, -0.05) is 6.08 Å². The van der Waals surface area contributed by atoms with Crippen molar-refractivity contribution in [2.45, 2.75) is 12.8 Å². The highest BCUT2D eigenvalue weighted by molar-refractivity contribution is 6.08. The summed E-state index contributed by atoms with van der Waals surface area (Å²) >= 11 is 0. The fourth-order valence-electron chi connectivity index (χ4n) is 3.15. The third-order valence-corrected chi connectivity index (χ3v) is 4.38. The number of hydrogen-bond donors (Lipinski definition) is 0. The topological polar surface area (TPSA) is 71.0 Å². The second kappa shape index (κ2) is 5.95. The summed E-state index contributed by atoms with van der Waals surface area (Å²) < 4.78 is 15.6. The first kappa shape index (κ1) is 15.2. The molecule has 5 nitrogen and oxygen atoms in total. The lowest BCUT2D eigenvalue weighted by atomic mass is 9.92. The zero-order valence-corrected chi connectivity index (χ0v) is 13.2. The largest absolute Gasteiger partial charge is 0.296 e. The van der Waals surface area contributed by atoms with Crippen molar-refractivity contribution < 1.29 is 9.18 Å². The Hall–Kier alpha value is -3.33. The number of rotatable bonds is 3. The first-order chi connectivity index (χ1) is 12.2. The highest BCUT2D eigenvalue weighted by Crippen LogP contribution is 2.32. The summed E-state index contributed by atoms with van der Waals surface area (Å²) in [5.41, 5.74) is 4.71. The molecule has 1 aromatic carbocycles. The quantitative estimate of drug-likeness (QED) is 0.810. The van der Waals surface area contributed by atoms with Crippen LogP contribution in [0.4, 0.5) is 4.39 Å². The molecule has 0 amide bonds. The minimum absolute atomic E-state index is 0.0260. The zero-order valence-electron chi connectivity index (χ0n) is 13.2. The summed E-state index contributed by atoms with van der Waals surface area (Å²) in [6.45, 7) is 0.703. The summed E-state index contributed by atoms with van der Waals surface area (Å²) in [7, 11) is 0. The number of aliphatic imine (C=N–C) groups is 1. The first-order valence-corrected chi connectivity index (χ1v) is 7.89. The summed E-state index contributed by atoms with van der Waals surface area (Å²) in [6, 6.07) is 7.80. The highest BCUT2D eigenvalue weighted by Gasteiger charge is 2.21. The van der Waals surface area contributed by atoms with Crippen molar-refractivity contribution in [1.29, 1.82) is 5.26 Å². The van der Waals surface area contributed by atoms with E-state index in [2.05, 4.69) is 22.2 Å². The molecule has 0 saturated carbocycles. The number of aromatic nitrogens is 2. The summed E-state index contributed by atoms with van der Waals surface area (Å²) in [4.78, 5) is 15.6. The molecule has 1 aliphatic heterocycles. The summed E-state index contributed by atoms with van der Waals surface area (Å²) in [6.07, 6.45) is 6.40. The number of halogens is 1. The van der Waals surface area contributed by atoms with Gasteiger partial charge in [-0.2, -0.15) is 10.4 Å². The van der Waals surface area contributed by atoms with Crippen LogP contribution in [-0.2, 0) is 0 Å². The number of allylic oxidation sites excluding steroid dienone is 3. The van der Waals surface area contributed by atoms with Crippen molar-refractivity contribution in [3.05, 3.63) is 64.8 Å². The Morgan fingerprint density at radius 3 is 2.92 bits per heavy atom. The first-order valence-electron chi connectivity index (χ1n) is 7.89. The maximum atomic E-state index is 14.0. The van der Waals surface area contributed by atoms with Gasteiger partial charge in [-0.15, -0.1) is 0 Å². The van der Waals surface area contributed by atoms with Crippen LogP contribution in [0.3, 0.4) is 0 Å². The molecule has 0 unspecified atom stereocenters. The lowest BCUT2D eigenvalue weighted by Gasteiger charge is -2.16. The van der Waals surface area contributed by atoms with Crippen LogP contribution in [0.5, 0.6) is 0 Å². The predicted octanol–water partition coefficient (Wildman–Crippen LogP) is 3.25. The number of carbonyl (C=O) groups is 1. The van der Waals surface area contributed by atoms with Gasteiger partial charge in [0.1, 0.15) is 17.6 Å². The van der Waals surface area contributed by atoms with Crippen molar-refractivity contribution in [3.8, 4) is 11.8 Å². The molecule has 4 rings (SSSR count). The van der Waals surface area contributed by atoms with Gasteiger partial charge in [-0.25, -0.2) is 9.07 Å². The van der Waals surface area contributed by atoms with E-state index >= 15 is 0 Å². The third-order valence-electron chi connectivity index (χ3n) is 4.38. The molecule has 2 aromatic rings. The molecule has 0 fully saturated rings. The predicted molar refractivity (Wildman–Crippen MR) is 91.2 cm³/mol. The standard InChI is InChI=1S/C19H13FN4O/c20-17-9-16(3-1-14(17)10-21)24-19(8-15(11-25)23-24)13-2-4-18-12(7-13)5-6-22-18/h1,3,5,7-9,11H,2,4,6H2.